The summed E-state index contributed by atoms with van der Waals surface area (Å²) in [7, 11) is 4.82. The molecule has 1 aliphatic carbocycles. The molecule has 1 aliphatic heterocycles. The van der Waals surface area contributed by atoms with Crippen molar-refractivity contribution in [1.29, 1.82) is 0 Å². The number of nitrogens with zero attached hydrogens (tertiary/aromatic N) is 1. The highest BCUT2D eigenvalue weighted by atomic mass is 19.2. The zero-order chi connectivity index (χ0) is 22.3. The van der Waals surface area contributed by atoms with Gasteiger partial charge in [-0.15, -0.1) is 0 Å². The molecule has 0 spiro atoms. The lowest BCUT2D eigenvalue weighted by atomic mass is 9.86. The largest absolute Gasteiger partial charge is 0.501 e. The van der Waals surface area contributed by atoms with E-state index in [0.717, 1.165) is 0 Å². The van der Waals surface area contributed by atoms with Crippen LogP contribution in [-0.4, -0.2) is 27.2 Å². The highest BCUT2D eigenvalue weighted by Crippen LogP contribution is 2.45. The van der Waals surface area contributed by atoms with E-state index in [4.69, 9.17) is 14.2 Å². The third-order valence-corrected chi connectivity index (χ3v) is 5.25. The minimum atomic E-state index is -1.57. The van der Waals surface area contributed by atoms with Crippen LogP contribution in [0.2, 0.25) is 0 Å². The van der Waals surface area contributed by atoms with E-state index in [1.807, 2.05) is 11.9 Å². The first-order chi connectivity index (χ1) is 14.8. The number of rotatable bonds is 4. The molecule has 0 bridgehead atoms. The van der Waals surface area contributed by atoms with E-state index in [-0.39, 0.29) is 12.0 Å². The monoisotopic (exact) mass is 429 g/mol. The summed E-state index contributed by atoms with van der Waals surface area (Å²) in [6.45, 7) is 0. The number of benzene rings is 2. The molecule has 4 rings (SSSR count). The van der Waals surface area contributed by atoms with Crippen LogP contribution in [0.4, 0.5) is 18.9 Å². The SMILES string of the molecule is COC1=CC=C2C(=C(C(=O)Oc3c(F)ccc(F)c3F)c3cc(OC)ccc3N2C)C1. The van der Waals surface area contributed by atoms with Crippen LogP contribution in [0, 0.1) is 17.5 Å². The Balaban J connectivity index is 1.89. The summed E-state index contributed by atoms with van der Waals surface area (Å²) in [5.74, 6) is -5.13. The molecule has 160 valence electrons. The Kier molecular flexibility index (Phi) is 5.22. The number of ether oxygens (including phenoxy) is 3. The second kappa shape index (κ2) is 7.86. The summed E-state index contributed by atoms with van der Waals surface area (Å²) in [4.78, 5) is 15.1. The van der Waals surface area contributed by atoms with Gasteiger partial charge in [-0.05, 0) is 48.1 Å². The van der Waals surface area contributed by atoms with Gasteiger partial charge in [-0.3, -0.25) is 0 Å². The number of allylic oxidation sites excluding steroid dienone is 4. The fourth-order valence-electron chi connectivity index (χ4n) is 3.67. The van der Waals surface area contributed by atoms with E-state index in [2.05, 4.69) is 0 Å². The van der Waals surface area contributed by atoms with Gasteiger partial charge in [0, 0.05) is 30.4 Å². The van der Waals surface area contributed by atoms with Crippen molar-refractivity contribution >= 4 is 17.2 Å². The van der Waals surface area contributed by atoms with Crippen LogP contribution >= 0.6 is 0 Å². The smallest absolute Gasteiger partial charge is 0.344 e. The summed E-state index contributed by atoms with van der Waals surface area (Å²) >= 11 is 0. The fraction of sp³-hybridized carbons (Fsp3) is 0.174. The molecule has 5 nitrogen and oxygen atoms in total. The van der Waals surface area contributed by atoms with E-state index in [9.17, 15) is 18.0 Å². The molecule has 8 heteroatoms. The van der Waals surface area contributed by atoms with Gasteiger partial charge in [-0.1, -0.05) is 0 Å². The molecule has 0 amide bonds. The Bertz CT molecular complexity index is 1180. The average molecular weight is 429 g/mol. The Labute approximate surface area is 176 Å². The number of hydrogen-bond acceptors (Lipinski definition) is 5. The first kappa shape index (κ1) is 20.6. The third-order valence-electron chi connectivity index (χ3n) is 5.25. The summed E-state index contributed by atoms with van der Waals surface area (Å²) < 4.78 is 57.5. The maximum Gasteiger partial charge on any atom is 0.344 e. The highest BCUT2D eigenvalue weighted by Gasteiger charge is 2.34. The van der Waals surface area contributed by atoms with Gasteiger partial charge < -0.3 is 19.1 Å². The summed E-state index contributed by atoms with van der Waals surface area (Å²) in [5, 5.41) is 0. The molecule has 2 aliphatic rings. The molecular weight excluding hydrogens is 411 g/mol. The van der Waals surface area contributed by atoms with Gasteiger partial charge in [0.25, 0.3) is 0 Å². The van der Waals surface area contributed by atoms with Gasteiger partial charge in [0.2, 0.25) is 11.6 Å². The van der Waals surface area contributed by atoms with Crippen molar-refractivity contribution in [2.75, 3.05) is 26.2 Å². The van der Waals surface area contributed by atoms with Gasteiger partial charge >= 0.3 is 5.97 Å². The minimum absolute atomic E-state index is 0.0870. The Morgan fingerprint density at radius 1 is 1.00 bits per heavy atom. The maximum absolute atomic E-state index is 14.1. The zero-order valence-electron chi connectivity index (χ0n) is 17.0. The van der Waals surface area contributed by atoms with E-state index >= 15 is 0 Å². The fourth-order valence-corrected chi connectivity index (χ4v) is 3.67. The number of likely N-dealkylation sites (N-methyl/N-ethyl adjacent to an activating group) is 1. The van der Waals surface area contributed by atoms with Crippen LogP contribution in [0.1, 0.15) is 12.0 Å². The standard InChI is InChI=1S/C23H18F3NO4/c1-27-18-8-4-12(29-2)10-14(18)20(15-11-13(30-3)5-9-19(15)27)23(28)31-22-17(25)7-6-16(24)21(22)26/h4-10H,11H2,1-3H3. The van der Waals surface area contributed by atoms with Crippen LogP contribution in [-0.2, 0) is 9.53 Å². The van der Waals surface area contributed by atoms with Crippen molar-refractivity contribution in [1.82, 2.24) is 0 Å². The van der Waals surface area contributed by atoms with Crippen LogP contribution in [0.25, 0.3) is 5.57 Å². The molecule has 0 saturated heterocycles. The normalized spacial score (nSPS) is 15.0. The molecule has 0 atom stereocenters. The average Bonchev–Trinajstić information content (AvgIpc) is 2.78. The van der Waals surface area contributed by atoms with Gasteiger partial charge in [-0.25, -0.2) is 13.6 Å². The number of hydrogen-bond donors (Lipinski definition) is 0. The van der Waals surface area contributed by atoms with Crippen molar-refractivity contribution in [2.24, 2.45) is 0 Å². The quantitative estimate of drug-likeness (QED) is 0.399. The zero-order valence-corrected chi connectivity index (χ0v) is 17.0. The molecule has 0 aromatic heterocycles. The summed E-state index contributed by atoms with van der Waals surface area (Å²) in [6, 6.07) is 6.45. The van der Waals surface area contributed by atoms with Crippen molar-refractivity contribution in [2.45, 2.75) is 6.42 Å². The molecule has 0 unspecified atom stereocenters. The van der Waals surface area contributed by atoms with Gasteiger partial charge in [-0.2, -0.15) is 4.39 Å². The van der Waals surface area contributed by atoms with E-state index in [0.29, 0.717) is 46.2 Å². The van der Waals surface area contributed by atoms with Crippen LogP contribution in [0.15, 0.2) is 59.5 Å². The van der Waals surface area contributed by atoms with Crippen molar-refractivity contribution in [3.63, 3.8) is 0 Å². The number of methoxy groups -OCH3 is 2. The molecule has 0 fully saturated rings. The maximum atomic E-state index is 14.1. The molecule has 2 aromatic carbocycles. The second-order valence-corrected chi connectivity index (χ2v) is 6.92. The lowest BCUT2D eigenvalue weighted by Gasteiger charge is -2.35. The van der Waals surface area contributed by atoms with Crippen molar-refractivity contribution < 1.29 is 32.2 Å². The van der Waals surface area contributed by atoms with E-state index in [1.54, 1.807) is 30.4 Å². The number of esters is 1. The lowest BCUT2D eigenvalue weighted by Crippen LogP contribution is -2.29. The van der Waals surface area contributed by atoms with Crippen LogP contribution in [0.5, 0.6) is 11.5 Å². The van der Waals surface area contributed by atoms with E-state index in [1.165, 1.54) is 14.2 Å². The van der Waals surface area contributed by atoms with Gasteiger partial charge in [0.1, 0.15) is 11.5 Å². The van der Waals surface area contributed by atoms with Crippen molar-refractivity contribution in [3.8, 4) is 11.5 Å². The number of carbonyl (C=O) groups is 1. The first-order valence-electron chi connectivity index (χ1n) is 9.31. The number of anilines is 1. The topological polar surface area (TPSA) is 48.0 Å². The summed E-state index contributed by atoms with van der Waals surface area (Å²) in [5.41, 5.74) is 2.45. The molecule has 0 radical (unpaired) electrons. The Morgan fingerprint density at radius 3 is 2.45 bits per heavy atom. The third kappa shape index (κ3) is 3.43. The number of halogens is 3. The molecule has 2 aromatic rings. The molecule has 0 N–H and O–H groups in total. The number of carbonyl (C=O) groups excluding carboxylic acids is 1. The molecule has 1 heterocycles. The van der Waals surface area contributed by atoms with E-state index < -0.39 is 29.2 Å². The van der Waals surface area contributed by atoms with Crippen LogP contribution < -0.4 is 14.4 Å². The predicted molar refractivity (Wildman–Crippen MR) is 108 cm³/mol. The van der Waals surface area contributed by atoms with Crippen molar-refractivity contribution in [3.05, 3.63) is 82.5 Å². The highest BCUT2D eigenvalue weighted by molar-refractivity contribution is 6.22. The lowest BCUT2D eigenvalue weighted by molar-refractivity contribution is -0.128. The minimum Gasteiger partial charge on any atom is -0.501 e. The predicted octanol–water partition coefficient (Wildman–Crippen LogP) is 4.74. The number of fused-ring (bicyclic) bond motifs is 2. The molecule has 0 saturated carbocycles. The second-order valence-electron chi connectivity index (χ2n) is 6.92. The first-order valence-corrected chi connectivity index (χ1v) is 9.31. The Morgan fingerprint density at radius 2 is 1.74 bits per heavy atom. The molecule has 31 heavy (non-hydrogen) atoms. The molecular formula is C23H18F3NO4. The van der Waals surface area contributed by atoms with Gasteiger partial charge in [0.15, 0.2) is 11.6 Å². The Hall–Kier alpha value is -3.68. The van der Waals surface area contributed by atoms with Crippen LogP contribution in [0.3, 0.4) is 0 Å². The van der Waals surface area contributed by atoms with Gasteiger partial charge in [0.05, 0.1) is 19.8 Å². The summed E-state index contributed by atoms with van der Waals surface area (Å²) in [6.07, 6.45) is 3.81.